The molecule has 0 spiro atoms. The minimum Gasteiger partial charge on any atom is -0.488 e. The van der Waals surface area contributed by atoms with Gasteiger partial charge in [0.2, 0.25) is 0 Å². The summed E-state index contributed by atoms with van der Waals surface area (Å²) in [5.74, 6) is 0.776. The molecule has 0 aliphatic rings. The van der Waals surface area contributed by atoms with Gasteiger partial charge in [-0.25, -0.2) is 0 Å². The Morgan fingerprint density at radius 1 is 1.12 bits per heavy atom. The van der Waals surface area contributed by atoms with Crippen molar-refractivity contribution in [3.05, 3.63) is 71.0 Å². The van der Waals surface area contributed by atoms with E-state index in [1.807, 2.05) is 49.5 Å². The second kappa shape index (κ2) is 7.77. The van der Waals surface area contributed by atoms with Crippen LogP contribution in [0.2, 0.25) is 0 Å². The van der Waals surface area contributed by atoms with E-state index in [4.69, 9.17) is 4.74 Å². The summed E-state index contributed by atoms with van der Waals surface area (Å²) in [7, 11) is 0. The lowest BCUT2D eigenvalue weighted by molar-refractivity contribution is 0.0421. The van der Waals surface area contributed by atoms with Gasteiger partial charge in [-0.2, -0.15) is 0 Å². The Labute approximate surface area is 150 Å². The van der Waals surface area contributed by atoms with Crippen molar-refractivity contribution in [2.75, 3.05) is 0 Å². The summed E-state index contributed by atoms with van der Waals surface area (Å²) in [5.41, 5.74) is 1.13. The van der Waals surface area contributed by atoms with Crippen LogP contribution in [0.5, 0.6) is 5.75 Å². The highest BCUT2D eigenvalue weighted by Crippen LogP contribution is 2.25. The molecular weight excluding hydrogens is 366 g/mol. The number of aliphatic hydroxyl groups excluding tert-OH is 1. The summed E-state index contributed by atoms with van der Waals surface area (Å²) < 4.78 is 6.98. The van der Waals surface area contributed by atoms with Gasteiger partial charge in [0.15, 0.2) is 0 Å². The zero-order valence-corrected chi connectivity index (χ0v) is 15.1. The first-order chi connectivity index (χ1) is 11.6. The Bertz CT molecular complexity index is 807. The van der Waals surface area contributed by atoms with Crippen molar-refractivity contribution in [2.45, 2.75) is 32.0 Å². The van der Waals surface area contributed by atoms with Gasteiger partial charge in [0, 0.05) is 16.9 Å². The molecule has 1 aromatic heterocycles. The number of benzene rings is 2. The van der Waals surface area contributed by atoms with Crippen LogP contribution in [-0.4, -0.2) is 22.3 Å². The molecule has 0 amide bonds. The predicted molar refractivity (Wildman–Crippen MR) is 100 cm³/mol. The van der Waals surface area contributed by atoms with Crippen LogP contribution >= 0.6 is 15.9 Å². The van der Waals surface area contributed by atoms with E-state index in [1.165, 1.54) is 0 Å². The van der Waals surface area contributed by atoms with Gasteiger partial charge < -0.3 is 9.84 Å². The molecule has 0 bridgehead atoms. The third-order valence-electron chi connectivity index (χ3n) is 4.09. The fourth-order valence-corrected chi connectivity index (χ4v) is 3.04. The van der Waals surface area contributed by atoms with Gasteiger partial charge >= 0.3 is 0 Å². The number of fused-ring (bicyclic) bond motifs is 1. The van der Waals surface area contributed by atoms with E-state index in [9.17, 15) is 5.11 Å². The summed E-state index contributed by atoms with van der Waals surface area (Å²) in [6, 6.07) is 16.1. The molecule has 0 fully saturated rings. The number of ether oxygens (including phenoxy) is 1. The van der Waals surface area contributed by atoms with Gasteiger partial charge in [-0.05, 0) is 66.4 Å². The fraction of sp³-hybridized carbons (Fsp3) is 0.250. The normalized spacial score (nSPS) is 13.6. The van der Waals surface area contributed by atoms with Gasteiger partial charge in [-0.15, -0.1) is 0 Å². The van der Waals surface area contributed by atoms with Crippen molar-refractivity contribution < 1.29 is 9.84 Å². The molecule has 24 heavy (non-hydrogen) atoms. The molecule has 0 radical (unpaired) electrons. The average molecular weight is 386 g/mol. The maximum absolute atomic E-state index is 10.3. The molecule has 0 aliphatic heterocycles. The molecule has 124 valence electrons. The van der Waals surface area contributed by atoms with Crippen molar-refractivity contribution in [1.29, 1.82) is 0 Å². The number of hydrogen-bond donors (Lipinski definition) is 1. The Hall–Kier alpha value is -1.91. The zero-order valence-electron chi connectivity index (χ0n) is 13.5. The highest BCUT2D eigenvalue weighted by atomic mass is 79.9. The highest BCUT2D eigenvalue weighted by Gasteiger charge is 2.16. The van der Waals surface area contributed by atoms with Crippen molar-refractivity contribution in [3.63, 3.8) is 0 Å². The van der Waals surface area contributed by atoms with Crippen molar-refractivity contribution in [1.82, 2.24) is 4.98 Å². The third kappa shape index (κ3) is 4.34. The molecule has 1 N–H and O–H groups in total. The van der Waals surface area contributed by atoms with E-state index in [-0.39, 0.29) is 6.10 Å². The Kier molecular flexibility index (Phi) is 5.48. The molecule has 3 aromatic rings. The summed E-state index contributed by atoms with van der Waals surface area (Å²) >= 11 is 3.48. The van der Waals surface area contributed by atoms with E-state index in [0.29, 0.717) is 6.42 Å². The molecule has 0 saturated carbocycles. The lowest BCUT2D eigenvalue weighted by atomic mass is 10.1. The molecule has 4 heteroatoms. The quantitative estimate of drug-likeness (QED) is 0.664. The lowest BCUT2D eigenvalue weighted by Crippen LogP contribution is -2.29. The predicted octanol–water partition coefficient (Wildman–Crippen LogP) is 4.76. The first-order valence-electron chi connectivity index (χ1n) is 8.05. The fourth-order valence-electron chi connectivity index (χ4n) is 2.66. The smallest absolute Gasteiger partial charge is 0.122 e. The number of halogens is 1. The van der Waals surface area contributed by atoms with Gasteiger partial charge in [0.1, 0.15) is 11.9 Å². The summed E-state index contributed by atoms with van der Waals surface area (Å²) in [5, 5.41) is 12.6. The van der Waals surface area contributed by atoms with E-state index in [0.717, 1.165) is 33.0 Å². The van der Waals surface area contributed by atoms with Crippen LogP contribution in [0.25, 0.3) is 10.8 Å². The zero-order chi connectivity index (χ0) is 16.9. The largest absolute Gasteiger partial charge is 0.488 e. The summed E-state index contributed by atoms with van der Waals surface area (Å²) in [4.78, 5) is 4.09. The standard InChI is InChI=1S/C20H20BrNO2/c1-14(20(23)9-4-15-3-2-10-22-13-15)24-19-8-6-16-11-18(21)7-5-17(16)12-19/h2-3,5-8,10-14,20,23H,4,9H2,1H3/t14-,20-/m0/s1. The Balaban J connectivity index is 1.61. The van der Waals surface area contributed by atoms with E-state index >= 15 is 0 Å². The number of aliphatic hydroxyl groups is 1. The molecule has 0 unspecified atom stereocenters. The van der Waals surface area contributed by atoms with E-state index in [1.54, 1.807) is 6.20 Å². The molecule has 3 rings (SSSR count). The van der Waals surface area contributed by atoms with E-state index < -0.39 is 6.10 Å². The number of hydrogen-bond acceptors (Lipinski definition) is 3. The molecule has 0 aliphatic carbocycles. The summed E-state index contributed by atoms with van der Waals surface area (Å²) in [6.45, 7) is 1.90. The molecular formula is C20H20BrNO2. The minimum absolute atomic E-state index is 0.269. The number of pyridine rings is 1. The molecule has 2 atom stereocenters. The van der Waals surface area contributed by atoms with Gasteiger partial charge in [-0.3, -0.25) is 4.98 Å². The molecule has 0 saturated heterocycles. The van der Waals surface area contributed by atoms with Gasteiger partial charge in [0.25, 0.3) is 0 Å². The maximum atomic E-state index is 10.3. The van der Waals surface area contributed by atoms with Crippen LogP contribution in [0.4, 0.5) is 0 Å². The van der Waals surface area contributed by atoms with Crippen LogP contribution in [0.15, 0.2) is 65.4 Å². The van der Waals surface area contributed by atoms with Crippen LogP contribution in [-0.2, 0) is 6.42 Å². The maximum Gasteiger partial charge on any atom is 0.122 e. The van der Waals surface area contributed by atoms with Gasteiger partial charge in [0.05, 0.1) is 6.10 Å². The van der Waals surface area contributed by atoms with Crippen molar-refractivity contribution >= 4 is 26.7 Å². The Morgan fingerprint density at radius 3 is 2.71 bits per heavy atom. The lowest BCUT2D eigenvalue weighted by Gasteiger charge is -2.21. The van der Waals surface area contributed by atoms with Crippen molar-refractivity contribution in [3.8, 4) is 5.75 Å². The third-order valence-corrected chi connectivity index (χ3v) is 4.58. The number of aromatic nitrogens is 1. The van der Waals surface area contributed by atoms with Crippen LogP contribution in [0.3, 0.4) is 0 Å². The number of rotatable bonds is 6. The summed E-state index contributed by atoms with van der Waals surface area (Å²) in [6.07, 6.45) is 4.23. The van der Waals surface area contributed by atoms with Crippen LogP contribution in [0.1, 0.15) is 18.9 Å². The van der Waals surface area contributed by atoms with Crippen LogP contribution in [0, 0.1) is 0 Å². The molecule has 1 heterocycles. The monoisotopic (exact) mass is 385 g/mol. The molecule has 2 aromatic carbocycles. The molecule has 3 nitrogen and oxygen atoms in total. The second-order valence-electron chi connectivity index (χ2n) is 5.94. The first-order valence-corrected chi connectivity index (χ1v) is 8.84. The SMILES string of the molecule is C[C@H](Oc1ccc2cc(Br)ccc2c1)[C@@H](O)CCc1cccnc1. The first kappa shape index (κ1) is 16.9. The second-order valence-corrected chi connectivity index (χ2v) is 6.86. The highest BCUT2D eigenvalue weighted by molar-refractivity contribution is 9.10. The minimum atomic E-state index is -0.522. The number of nitrogens with zero attached hydrogens (tertiary/aromatic N) is 1. The van der Waals surface area contributed by atoms with Crippen molar-refractivity contribution in [2.24, 2.45) is 0 Å². The van der Waals surface area contributed by atoms with Gasteiger partial charge in [-0.1, -0.05) is 34.1 Å². The average Bonchev–Trinajstić information content (AvgIpc) is 2.60. The number of aryl methyl sites for hydroxylation is 1. The van der Waals surface area contributed by atoms with E-state index in [2.05, 4.69) is 33.0 Å². The Morgan fingerprint density at radius 2 is 1.92 bits per heavy atom. The van der Waals surface area contributed by atoms with Crippen LogP contribution < -0.4 is 4.74 Å². The topological polar surface area (TPSA) is 42.4 Å².